The summed E-state index contributed by atoms with van der Waals surface area (Å²) in [7, 11) is 1.25. The van der Waals surface area contributed by atoms with Gasteiger partial charge in [-0.1, -0.05) is 54.4 Å². The number of aliphatic hydroxyl groups excluding tert-OH is 1. The first-order valence-corrected chi connectivity index (χ1v) is 11.4. The van der Waals surface area contributed by atoms with Crippen LogP contribution in [0.25, 0.3) is 0 Å². The number of aliphatic hydroxyl groups is 1. The molecule has 1 N–H and O–H groups in total. The summed E-state index contributed by atoms with van der Waals surface area (Å²) in [5.74, 6) is -0.319. The molecule has 6 nitrogen and oxygen atoms in total. The van der Waals surface area contributed by atoms with Crippen molar-refractivity contribution in [2.75, 3.05) is 13.7 Å². The fraction of sp³-hybridized carbons (Fsp3) is 0.875. The number of rotatable bonds is 8. The first-order chi connectivity index (χ1) is 13.8. The van der Waals surface area contributed by atoms with E-state index in [1.165, 1.54) is 7.11 Å². The maximum absolute atomic E-state index is 13.5. The summed E-state index contributed by atoms with van der Waals surface area (Å²) in [6, 6.07) is -0.450. The van der Waals surface area contributed by atoms with Crippen LogP contribution in [0.15, 0.2) is 0 Å². The third kappa shape index (κ3) is 4.30. The third-order valence-corrected chi connectivity index (χ3v) is 8.18. The Morgan fingerprint density at radius 2 is 1.80 bits per heavy atom. The second-order valence-corrected chi connectivity index (χ2v) is 11.6. The van der Waals surface area contributed by atoms with Gasteiger partial charge in [-0.05, 0) is 35.0 Å². The lowest BCUT2D eigenvalue weighted by Crippen LogP contribution is -2.50. The molecule has 1 amide bonds. The van der Waals surface area contributed by atoms with E-state index in [1.54, 1.807) is 4.90 Å². The molecule has 0 radical (unpaired) electrons. The molecule has 3 rings (SSSR count). The van der Waals surface area contributed by atoms with Crippen LogP contribution < -0.4 is 0 Å². The highest BCUT2D eigenvalue weighted by Gasteiger charge is 2.69. The average molecular weight is 422 g/mol. The largest absolute Gasteiger partial charge is 0.467 e. The topological polar surface area (TPSA) is 83.9 Å². The minimum atomic E-state index is -1.29. The molecular weight excluding hydrogens is 382 g/mol. The van der Waals surface area contributed by atoms with Gasteiger partial charge in [-0.3, -0.25) is 9.59 Å². The summed E-state index contributed by atoms with van der Waals surface area (Å²) in [6.07, 6.45) is 1.63. The molecule has 0 bridgehead atoms. The van der Waals surface area contributed by atoms with Gasteiger partial charge in [0, 0.05) is 24.8 Å². The molecule has 2 aliphatic carbocycles. The van der Waals surface area contributed by atoms with Crippen LogP contribution in [-0.4, -0.2) is 53.5 Å². The van der Waals surface area contributed by atoms with Gasteiger partial charge in [0.1, 0.15) is 0 Å². The molecule has 2 saturated carbocycles. The molecule has 170 valence electrons. The van der Waals surface area contributed by atoms with Gasteiger partial charge in [0.2, 0.25) is 5.91 Å². The van der Waals surface area contributed by atoms with Crippen LogP contribution in [0.5, 0.6) is 0 Å². The van der Waals surface area contributed by atoms with Crippen molar-refractivity contribution >= 4 is 17.7 Å². The molecule has 6 heteroatoms. The standard InChI is InChI=1S/C24H39NO5/c1-13(23(2,3)4)21(28)25-12-16-18(24(16,5)6)19(25)17(26)11-15(10-14-8-9-14)20(27)22(29)30-7/h13-16,18-20,27H,8-12H2,1-7H3/t13-,15?,16+,18+,19-,20?/m1/s1. The molecule has 1 aliphatic heterocycles. The number of ether oxygens (including phenoxy) is 1. The Bertz CT molecular complexity index is 705. The van der Waals surface area contributed by atoms with E-state index in [0.717, 1.165) is 12.8 Å². The van der Waals surface area contributed by atoms with Gasteiger partial charge >= 0.3 is 5.97 Å². The average Bonchev–Trinajstić information content (AvgIpc) is 3.51. The second kappa shape index (κ2) is 7.92. The Morgan fingerprint density at radius 3 is 2.30 bits per heavy atom. The first-order valence-electron chi connectivity index (χ1n) is 11.4. The number of carbonyl (C=O) groups is 3. The van der Waals surface area contributed by atoms with E-state index in [9.17, 15) is 19.5 Å². The number of ketones is 1. The van der Waals surface area contributed by atoms with E-state index in [1.807, 2.05) is 27.7 Å². The SMILES string of the molecule is COC(=O)C(O)C(CC(=O)[C@@H]1[C@@H]2[C@H](CN1C(=O)[C@@H](C)C(C)(C)C)C2(C)C)CC1CC1. The Balaban J connectivity index is 1.79. The molecule has 0 spiro atoms. The van der Waals surface area contributed by atoms with Gasteiger partial charge in [0.25, 0.3) is 0 Å². The maximum Gasteiger partial charge on any atom is 0.334 e. The predicted molar refractivity (Wildman–Crippen MR) is 113 cm³/mol. The molecule has 1 saturated heterocycles. The van der Waals surface area contributed by atoms with E-state index < -0.39 is 24.0 Å². The third-order valence-electron chi connectivity index (χ3n) is 8.18. The predicted octanol–water partition coefficient (Wildman–Crippen LogP) is 3.06. The van der Waals surface area contributed by atoms with Crippen LogP contribution >= 0.6 is 0 Å². The highest BCUT2D eigenvalue weighted by Crippen LogP contribution is 2.65. The molecular formula is C24H39NO5. The first kappa shape index (κ1) is 23.2. The number of hydrogen-bond donors (Lipinski definition) is 1. The Kier molecular flexibility index (Phi) is 6.14. The van der Waals surface area contributed by atoms with E-state index in [-0.39, 0.29) is 40.8 Å². The summed E-state index contributed by atoms with van der Waals surface area (Å²) in [4.78, 5) is 40.6. The number of amides is 1. The summed E-state index contributed by atoms with van der Waals surface area (Å²) in [5.41, 5.74) is -0.127. The number of hydrogen-bond acceptors (Lipinski definition) is 5. The fourth-order valence-corrected chi connectivity index (χ4v) is 5.30. The smallest absolute Gasteiger partial charge is 0.334 e. The van der Waals surface area contributed by atoms with Crippen molar-refractivity contribution in [3.63, 3.8) is 0 Å². The second-order valence-electron chi connectivity index (χ2n) is 11.6. The number of Topliss-reactive ketones (excluding diaryl/α,β-unsaturated/α-hetero) is 1. The van der Waals surface area contributed by atoms with Gasteiger partial charge in [-0.25, -0.2) is 4.79 Å². The fourth-order valence-electron chi connectivity index (χ4n) is 5.30. The number of fused-ring (bicyclic) bond motifs is 1. The molecule has 0 aromatic heterocycles. The molecule has 6 atom stereocenters. The maximum atomic E-state index is 13.5. The summed E-state index contributed by atoms with van der Waals surface area (Å²) in [5, 5.41) is 10.5. The molecule has 0 aromatic rings. The number of nitrogens with zero attached hydrogens (tertiary/aromatic N) is 1. The zero-order valence-electron chi connectivity index (χ0n) is 19.6. The van der Waals surface area contributed by atoms with Crippen LogP contribution in [0, 0.1) is 40.4 Å². The van der Waals surface area contributed by atoms with Crippen molar-refractivity contribution in [2.45, 2.75) is 79.4 Å². The van der Waals surface area contributed by atoms with Crippen molar-refractivity contribution in [2.24, 2.45) is 40.4 Å². The molecule has 3 aliphatic rings. The van der Waals surface area contributed by atoms with Crippen molar-refractivity contribution in [1.29, 1.82) is 0 Å². The van der Waals surface area contributed by atoms with Crippen LogP contribution in [0.3, 0.4) is 0 Å². The van der Waals surface area contributed by atoms with E-state index in [2.05, 4.69) is 13.8 Å². The minimum absolute atomic E-state index is 0.0175. The number of carbonyl (C=O) groups excluding carboxylic acids is 3. The molecule has 0 aromatic carbocycles. The number of esters is 1. The van der Waals surface area contributed by atoms with E-state index >= 15 is 0 Å². The molecule has 2 unspecified atom stereocenters. The van der Waals surface area contributed by atoms with Crippen LogP contribution in [0.4, 0.5) is 0 Å². The van der Waals surface area contributed by atoms with Crippen molar-refractivity contribution in [3.8, 4) is 0 Å². The van der Waals surface area contributed by atoms with Gasteiger partial charge in [0.05, 0.1) is 13.2 Å². The highest BCUT2D eigenvalue weighted by atomic mass is 16.5. The van der Waals surface area contributed by atoms with Crippen molar-refractivity contribution in [3.05, 3.63) is 0 Å². The van der Waals surface area contributed by atoms with Crippen LogP contribution in [0.1, 0.15) is 67.2 Å². The minimum Gasteiger partial charge on any atom is -0.467 e. The van der Waals surface area contributed by atoms with Crippen LogP contribution in [-0.2, 0) is 19.1 Å². The lowest BCUT2D eigenvalue weighted by atomic mass is 9.80. The lowest BCUT2D eigenvalue weighted by molar-refractivity contribution is -0.155. The zero-order chi connectivity index (χ0) is 22.6. The van der Waals surface area contributed by atoms with E-state index in [0.29, 0.717) is 24.8 Å². The highest BCUT2D eigenvalue weighted by molar-refractivity contribution is 5.92. The normalized spacial score (nSPS) is 30.3. The summed E-state index contributed by atoms with van der Waals surface area (Å²) >= 11 is 0. The Morgan fingerprint density at radius 1 is 1.20 bits per heavy atom. The molecule has 3 fully saturated rings. The monoisotopic (exact) mass is 421 g/mol. The van der Waals surface area contributed by atoms with Gasteiger partial charge in [0.15, 0.2) is 11.9 Å². The Labute approximate surface area is 180 Å². The number of piperidine rings is 1. The Hall–Kier alpha value is -1.43. The summed E-state index contributed by atoms with van der Waals surface area (Å²) < 4.78 is 4.73. The van der Waals surface area contributed by atoms with Crippen LogP contribution in [0.2, 0.25) is 0 Å². The number of likely N-dealkylation sites (tertiary alicyclic amines) is 1. The van der Waals surface area contributed by atoms with Crippen molar-refractivity contribution < 1.29 is 24.2 Å². The molecule has 30 heavy (non-hydrogen) atoms. The van der Waals surface area contributed by atoms with Gasteiger partial charge < -0.3 is 14.7 Å². The lowest BCUT2D eigenvalue weighted by Gasteiger charge is -2.36. The molecule has 1 heterocycles. The number of methoxy groups -OCH3 is 1. The van der Waals surface area contributed by atoms with Crippen molar-refractivity contribution in [1.82, 2.24) is 4.90 Å². The zero-order valence-corrected chi connectivity index (χ0v) is 19.6. The van der Waals surface area contributed by atoms with Gasteiger partial charge in [-0.2, -0.15) is 0 Å². The van der Waals surface area contributed by atoms with E-state index in [4.69, 9.17) is 4.74 Å². The van der Waals surface area contributed by atoms with Gasteiger partial charge in [-0.15, -0.1) is 0 Å². The quantitative estimate of drug-likeness (QED) is 0.609. The summed E-state index contributed by atoms with van der Waals surface area (Å²) in [6.45, 7) is 13.0.